The standard InChI is InChI=1S/C34H28ClF3NO6P/c1-23-32(35)33(40)31(26-12-14-27(15-13-26)44-28-16-18-29(19-17-28)45-34(36,37)38)30(39-23)22-43-46(41-20-24-8-4-2-5-9-24)42-21-25-10-6-3-7-11-25/h2-19H,20-22H2,1H3,(H,39,40). The molecule has 7 nitrogen and oxygen atoms in total. The Morgan fingerprint density at radius 1 is 0.696 bits per heavy atom. The van der Waals surface area contributed by atoms with Gasteiger partial charge in [0.1, 0.15) is 22.3 Å². The van der Waals surface area contributed by atoms with Gasteiger partial charge in [-0.3, -0.25) is 4.79 Å². The van der Waals surface area contributed by atoms with Crippen molar-refractivity contribution >= 4 is 20.2 Å². The molecule has 0 aliphatic rings. The van der Waals surface area contributed by atoms with Crippen LogP contribution in [-0.4, -0.2) is 11.3 Å². The zero-order chi connectivity index (χ0) is 32.5. The van der Waals surface area contributed by atoms with Gasteiger partial charge in [0.2, 0.25) is 5.43 Å². The average molecular weight is 670 g/mol. The van der Waals surface area contributed by atoms with E-state index < -0.39 is 15.0 Å². The molecule has 0 radical (unpaired) electrons. The molecule has 5 rings (SSSR count). The highest BCUT2D eigenvalue weighted by Gasteiger charge is 2.31. The maximum atomic E-state index is 13.4. The van der Waals surface area contributed by atoms with Crippen LogP contribution >= 0.6 is 20.2 Å². The molecular formula is C34H28ClF3NO6P. The van der Waals surface area contributed by atoms with Gasteiger partial charge < -0.3 is 28.0 Å². The summed E-state index contributed by atoms with van der Waals surface area (Å²) in [6.45, 7) is 2.19. The molecule has 46 heavy (non-hydrogen) atoms. The van der Waals surface area contributed by atoms with E-state index in [1.807, 2.05) is 60.7 Å². The largest absolute Gasteiger partial charge is 0.573 e. The number of H-pyrrole nitrogens is 1. The van der Waals surface area contributed by atoms with Crippen molar-refractivity contribution in [2.45, 2.75) is 33.1 Å². The first kappa shape index (κ1) is 33.2. The van der Waals surface area contributed by atoms with Gasteiger partial charge in [-0.15, -0.1) is 13.2 Å². The van der Waals surface area contributed by atoms with Gasteiger partial charge in [0.25, 0.3) is 0 Å². The van der Waals surface area contributed by atoms with Crippen molar-refractivity contribution in [3.63, 3.8) is 0 Å². The molecule has 1 N–H and O–H groups in total. The quantitative estimate of drug-likeness (QED) is 0.126. The molecule has 0 unspecified atom stereocenters. The maximum absolute atomic E-state index is 13.4. The number of nitrogens with one attached hydrogen (secondary N) is 1. The van der Waals surface area contributed by atoms with Crippen LogP contribution in [0.2, 0.25) is 5.02 Å². The number of benzene rings is 4. The van der Waals surface area contributed by atoms with E-state index in [0.29, 0.717) is 34.0 Å². The number of hydrogen-bond donors (Lipinski definition) is 1. The summed E-state index contributed by atoms with van der Waals surface area (Å²) in [4.78, 5) is 16.6. The van der Waals surface area contributed by atoms with Crippen molar-refractivity contribution in [3.05, 3.63) is 147 Å². The number of aromatic amines is 1. The Labute approximate surface area is 269 Å². The van der Waals surface area contributed by atoms with Gasteiger partial charge >= 0.3 is 15.0 Å². The molecule has 0 saturated heterocycles. The van der Waals surface area contributed by atoms with Crippen LogP contribution in [0.4, 0.5) is 13.2 Å². The van der Waals surface area contributed by atoms with E-state index in [1.54, 1.807) is 31.2 Å². The molecule has 4 aromatic carbocycles. The van der Waals surface area contributed by atoms with E-state index in [2.05, 4.69) is 9.72 Å². The van der Waals surface area contributed by atoms with Crippen molar-refractivity contribution in [1.29, 1.82) is 0 Å². The first-order valence-corrected chi connectivity index (χ1v) is 15.4. The minimum atomic E-state index is -4.79. The third-order valence-corrected chi connectivity index (χ3v) is 7.98. The van der Waals surface area contributed by atoms with Crippen LogP contribution in [0.5, 0.6) is 17.2 Å². The zero-order valence-corrected chi connectivity index (χ0v) is 26.1. The summed E-state index contributed by atoms with van der Waals surface area (Å²) < 4.78 is 65.2. The molecule has 0 amide bonds. The molecule has 0 fully saturated rings. The second-order valence-corrected chi connectivity index (χ2v) is 11.5. The van der Waals surface area contributed by atoms with Crippen LogP contribution in [0.15, 0.2) is 114 Å². The SMILES string of the molecule is Cc1[nH]c(COP(OCc2ccccc2)OCc2ccccc2)c(-c2ccc(Oc3ccc(OC(F)(F)F)cc3)cc2)c(=O)c1Cl. The van der Waals surface area contributed by atoms with Crippen LogP contribution in [0.3, 0.4) is 0 Å². The number of hydrogen-bond acceptors (Lipinski definition) is 6. The van der Waals surface area contributed by atoms with Gasteiger partial charge in [0.05, 0.1) is 31.1 Å². The molecular weight excluding hydrogens is 642 g/mol. The van der Waals surface area contributed by atoms with Crippen LogP contribution in [0.25, 0.3) is 11.1 Å². The number of aryl methyl sites for hydroxylation is 1. The van der Waals surface area contributed by atoms with E-state index in [1.165, 1.54) is 12.1 Å². The monoisotopic (exact) mass is 669 g/mol. The summed E-state index contributed by atoms with van der Waals surface area (Å²) in [6.07, 6.45) is -4.79. The van der Waals surface area contributed by atoms with E-state index in [0.717, 1.165) is 23.3 Å². The van der Waals surface area contributed by atoms with E-state index >= 15 is 0 Å². The topological polar surface area (TPSA) is 79.0 Å². The predicted octanol–water partition coefficient (Wildman–Crippen LogP) is 9.87. The fourth-order valence-corrected chi connectivity index (χ4v) is 5.45. The van der Waals surface area contributed by atoms with Crippen molar-refractivity contribution in [1.82, 2.24) is 4.98 Å². The minimum Gasteiger partial charge on any atom is -0.457 e. The fraction of sp³-hybridized carbons (Fsp3) is 0.147. The van der Waals surface area contributed by atoms with Gasteiger partial charge in [-0.1, -0.05) is 84.4 Å². The van der Waals surface area contributed by atoms with Gasteiger partial charge in [0, 0.05) is 5.69 Å². The summed E-state index contributed by atoms with van der Waals surface area (Å²) in [7, 11) is -1.83. The number of pyridine rings is 1. The van der Waals surface area contributed by atoms with E-state index in [9.17, 15) is 18.0 Å². The molecule has 0 aliphatic carbocycles. The Kier molecular flexibility index (Phi) is 11.1. The summed E-state index contributed by atoms with van der Waals surface area (Å²) in [5.74, 6) is 0.333. The smallest absolute Gasteiger partial charge is 0.457 e. The Hall–Kier alpha value is -4.18. The van der Waals surface area contributed by atoms with Gasteiger partial charge in [-0.25, -0.2) is 0 Å². The highest BCUT2D eigenvalue weighted by atomic mass is 35.5. The highest BCUT2D eigenvalue weighted by Crippen LogP contribution is 2.43. The molecule has 0 spiro atoms. The maximum Gasteiger partial charge on any atom is 0.573 e. The van der Waals surface area contributed by atoms with Crippen molar-refractivity contribution in [2.75, 3.05) is 0 Å². The molecule has 5 aromatic rings. The van der Waals surface area contributed by atoms with Crippen LogP contribution in [0.1, 0.15) is 22.5 Å². The van der Waals surface area contributed by atoms with Crippen molar-refractivity contribution in [2.24, 2.45) is 0 Å². The molecule has 0 saturated carbocycles. The molecule has 0 atom stereocenters. The average Bonchev–Trinajstić information content (AvgIpc) is 3.05. The lowest BCUT2D eigenvalue weighted by Gasteiger charge is -2.19. The Balaban J connectivity index is 1.32. The first-order valence-electron chi connectivity index (χ1n) is 14.0. The summed E-state index contributed by atoms with van der Waals surface area (Å²) in [5, 5.41) is 0.0446. The number of alkyl halides is 3. The van der Waals surface area contributed by atoms with Crippen LogP contribution in [0, 0.1) is 6.92 Å². The molecule has 238 valence electrons. The molecule has 0 aliphatic heterocycles. The summed E-state index contributed by atoms with van der Waals surface area (Å²) in [6, 6.07) is 30.9. The lowest BCUT2D eigenvalue weighted by Crippen LogP contribution is -2.16. The molecule has 12 heteroatoms. The van der Waals surface area contributed by atoms with Gasteiger partial charge in [-0.2, -0.15) is 0 Å². The van der Waals surface area contributed by atoms with E-state index in [4.69, 9.17) is 29.9 Å². The normalized spacial score (nSPS) is 11.5. The number of rotatable bonds is 13. The second-order valence-electron chi connectivity index (χ2n) is 9.91. The van der Waals surface area contributed by atoms with E-state index in [-0.39, 0.29) is 36.0 Å². The van der Waals surface area contributed by atoms with Gasteiger partial charge in [0.15, 0.2) is 0 Å². The molecule has 1 heterocycles. The third-order valence-electron chi connectivity index (χ3n) is 6.51. The molecule has 1 aromatic heterocycles. The van der Waals surface area contributed by atoms with Crippen molar-refractivity contribution < 1.29 is 36.2 Å². The Bertz CT molecular complexity index is 1730. The first-order chi connectivity index (χ1) is 22.1. The lowest BCUT2D eigenvalue weighted by atomic mass is 10.0. The predicted molar refractivity (Wildman–Crippen MR) is 170 cm³/mol. The minimum absolute atomic E-state index is 0.0392. The van der Waals surface area contributed by atoms with Crippen LogP contribution < -0.4 is 14.9 Å². The Morgan fingerprint density at radius 3 is 1.70 bits per heavy atom. The number of aromatic nitrogens is 1. The highest BCUT2D eigenvalue weighted by molar-refractivity contribution is 7.41. The zero-order valence-electron chi connectivity index (χ0n) is 24.4. The Morgan fingerprint density at radius 2 is 1.17 bits per heavy atom. The lowest BCUT2D eigenvalue weighted by molar-refractivity contribution is -0.274. The third kappa shape index (κ3) is 9.42. The van der Waals surface area contributed by atoms with Crippen molar-refractivity contribution in [3.8, 4) is 28.4 Å². The number of ether oxygens (including phenoxy) is 2. The van der Waals surface area contributed by atoms with Gasteiger partial charge in [-0.05, 0) is 60.0 Å². The second kappa shape index (κ2) is 15.4. The summed E-state index contributed by atoms with van der Waals surface area (Å²) in [5.41, 5.74) is 3.31. The number of halogens is 4. The van der Waals surface area contributed by atoms with Crippen LogP contribution in [-0.2, 0) is 33.4 Å². The molecule has 0 bridgehead atoms. The summed E-state index contributed by atoms with van der Waals surface area (Å²) >= 11 is 6.36. The fourth-order valence-electron chi connectivity index (χ4n) is 4.34.